The van der Waals surface area contributed by atoms with Crippen LogP contribution in [0.3, 0.4) is 0 Å². The average molecular weight is 591 g/mol. The summed E-state index contributed by atoms with van der Waals surface area (Å²) in [4.78, 5) is 68.7. The van der Waals surface area contributed by atoms with E-state index in [0.717, 1.165) is 46.2 Å². The van der Waals surface area contributed by atoms with Crippen molar-refractivity contribution in [2.75, 3.05) is 10.6 Å². The van der Waals surface area contributed by atoms with Crippen LogP contribution in [0.2, 0.25) is 0 Å². The molecule has 7 rings (SSSR count). The van der Waals surface area contributed by atoms with Gasteiger partial charge >= 0.3 is 0 Å². The molecular formula is C31H26N8O5. The zero-order valence-electron chi connectivity index (χ0n) is 23.3. The third kappa shape index (κ3) is 4.73. The van der Waals surface area contributed by atoms with E-state index in [1.807, 2.05) is 36.4 Å². The highest BCUT2D eigenvalue weighted by atomic mass is 16.7. The number of aliphatic imine (C=N–C) groups is 1. The van der Waals surface area contributed by atoms with Gasteiger partial charge in [0.05, 0.1) is 6.04 Å². The number of carbonyl (C=O) groups excluding carboxylic acids is 2. The Morgan fingerprint density at radius 2 is 1.80 bits per heavy atom. The number of benzene rings is 2. The van der Waals surface area contributed by atoms with Gasteiger partial charge in [-0.1, -0.05) is 30.3 Å². The molecule has 2 amide bonds. The maximum absolute atomic E-state index is 13.1. The van der Waals surface area contributed by atoms with Gasteiger partial charge in [-0.25, -0.2) is 15.4 Å². The zero-order valence-corrected chi connectivity index (χ0v) is 23.3. The number of aryl methyl sites for hydroxylation is 1. The number of hydrogen-bond donors (Lipinski definition) is 4. The highest BCUT2D eigenvalue weighted by molar-refractivity contribution is 6.00. The number of anilines is 2. The van der Waals surface area contributed by atoms with Gasteiger partial charge in [-0.3, -0.25) is 19.2 Å². The van der Waals surface area contributed by atoms with Gasteiger partial charge in [0, 0.05) is 31.3 Å². The van der Waals surface area contributed by atoms with Crippen LogP contribution in [0.25, 0.3) is 0 Å². The van der Waals surface area contributed by atoms with E-state index in [2.05, 4.69) is 37.7 Å². The maximum atomic E-state index is 13.1. The minimum atomic E-state index is -0.640. The molecule has 3 aliphatic rings. The number of hydroxylamine groups is 1. The third-order valence-corrected chi connectivity index (χ3v) is 8.12. The lowest BCUT2D eigenvalue weighted by molar-refractivity contribution is 0.0931. The second-order valence-electron chi connectivity index (χ2n) is 10.9. The smallest absolute Gasteiger partial charge is 0.270 e. The van der Waals surface area contributed by atoms with E-state index in [1.54, 1.807) is 4.90 Å². The molecule has 1 atom stereocenters. The Hall–Kier alpha value is -5.85. The van der Waals surface area contributed by atoms with E-state index in [1.165, 1.54) is 12.4 Å². The number of hydrogen-bond acceptors (Lipinski definition) is 11. The van der Waals surface area contributed by atoms with Crippen LogP contribution in [0.4, 0.5) is 11.4 Å². The summed E-state index contributed by atoms with van der Waals surface area (Å²) in [6.07, 6.45) is 2.70. The van der Waals surface area contributed by atoms with Crippen molar-refractivity contribution in [3.05, 3.63) is 126 Å². The lowest BCUT2D eigenvalue weighted by Gasteiger charge is -2.19. The lowest BCUT2D eigenvalue weighted by atomic mass is 10.0. The second-order valence-corrected chi connectivity index (χ2v) is 10.9. The number of amidine groups is 1. The number of fused-ring (bicyclic) bond motifs is 2. The predicted molar refractivity (Wildman–Crippen MR) is 160 cm³/mol. The fourth-order valence-corrected chi connectivity index (χ4v) is 5.85. The number of nitrogens with zero attached hydrogens (tertiary/aromatic N) is 4. The standard InChI is InChI=1S/C31H26N8O5/c1-15-36-29(38-44-15)18-4-6-21-17(9-18)5-7-22(21)37-31(43)24-10-23(34-14-35-24)30(42)33-11-16-2-3-19-12-39(13-20(19)8-16)26-25(32)27(40)28(26)41/h2-4,6,8-10,14,22H,1,5,7,11-13,32H2,(H,33,42)(H,36,38)(H,37,43)/t22-/m0/s1. The van der Waals surface area contributed by atoms with E-state index in [9.17, 15) is 19.2 Å². The zero-order chi connectivity index (χ0) is 30.5. The van der Waals surface area contributed by atoms with E-state index in [4.69, 9.17) is 10.6 Å². The Labute approximate surface area is 250 Å². The molecule has 0 saturated heterocycles. The first-order valence-electron chi connectivity index (χ1n) is 13.9. The molecule has 1 aromatic heterocycles. The van der Waals surface area contributed by atoms with Gasteiger partial charge in [-0.05, 0) is 53.3 Å². The van der Waals surface area contributed by atoms with E-state index >= 15 is 0 Å². The number of nitrogens with two attached hydrogens (primary N) is 1. The summed E-state index contributed by atoms with van der Waals surface area (Å²) in [5.41, 5.74) is 13.5. The Morgan fingerprint density at radius 3 is 2.57 bits per heavy atom. The minimum absolute atomic E-state index is 0.00563. The van der Waals surface area contributed by atoms with Crippen molar-refractivity contribution in [1.82, 2.24) is 26.1 Å². The number of rotatable bonds is 7. The van der Waals surface area contributed by atoms with E-state index in [-0.39, 0.29) is 35.3 Å². The van der Waals surface area contributed by atoms with Gasteiger partial charge < -0.3 is 26.1 Å². The molecule has 220 valence electrons. The van der Waals surface area contributed by atoms with E-state index in [0.29, 0.717) is 24.8 Å². The minimum Gasteiger partial charge on any atom is -0.394 e. The Morgan fingerprint density at radius 1 is 1.00 bits per heavy atom. The Kier molecular flexibility index (Phi) is 6.42. The van der Waals surface area contributed by atoms with Crippen LogP contribution in [0.1, 0.15) is 66.8 Å². The van der Waals surface area contributed by atoms with Crippen molar-refractivity contribution in [1.29, 1.82) is 0 Å². The molecule has 3 heterocycles. The summed E-state index contributed by atoms with van der Waals surface area (Å²) in [6.45, 7) is 4.82. The normalized spacial score (nSPS) is 16.6. The lowest BCUT2D eigenvalue weighted by Crippen LogP contribution is -2.40. The first-order valence-corrected chi connectivity index (χ1v) is 13.9. The van der Waals surface area contributed by atoms with Crippen molar-refractivity contribution in [2.24, 2.45) is 4.99 Å². The van der Waals surface area contributed by atoms with Crippen LogP contribution in [0, 0.1) is 0 Å². The first-order chi connectivity index (χ1) is 21.2. The van der Waals surface area contributed by atoms with Crippen molar-refractivity contribution in [2.45, 2.75) is 38.5 Å². The summed E-state index contributed by atoms with van der Waals surface area (Å²) in [5, 5.41) is 5.86. The molecule has 2 aliphatic heterocycles. The van der Waals surface area contributed by atoms with Crippen LogP contribution in [-0.4, -0.2) is 27.6 Å². The molecule has 0 radical (unpaired) electrons. The fourth-order valence-electron chi connectivity index (χ4n) is 5.85. The molecule has 0 fully saturated rings. The van der Waals surface area contributed by atoms with Crippen molar-refractivity contribution >= 4 is 29.0 Å². The average Bonchev–Trinajstić information content (AvgIpc) is 3.77. The summed E-state index contributed by atoms with van der Waals surface area (Å²) in [5.74, 6) is 0.0325. The van der Waals surface area contributed by atoms with Gasteiger partial charge in [0.15, 0.2) is 5.84 Å². The summed E-state index contributed by atoms with van der Waals surface area (Å²) in [6, 6.07) is 12.8. The molecule has 13 heteroatoms. The van der Waals surface area contributed by atoms with Gasteiger partial charge in [0.2, 0.25) is 5.88 Å². The molecule has 0 spiro atoms. The molecule has 3 aromatic carbocycles. The maximum Gasteiger partial charge on any atom is 0.270 e. The molecule has 0 bridgehead atoms. The summed E-state index contributed by atoms with van der Waals surface area (Å²) in [7, 11) is 0. The number of amides is 2. The van der Waals surface area contributed by atoms with Crippen LogP contribution in [0.5, 0.6) is 0 Å². The molecule has 44 heavy (non-hydrogen) atoms. The van der Waals surface area contributed by atoms with Crippen LogP contribution in [-0.2, 0) is 30.9 Å². The van der Waals surface area contributed by atoms with Crippen LogP contribution < -0.4 is 37.6 Å². The van der Waals surface area contributed by atoms with Gasteiger partial charge in [-0.2, -0.15) is 4.99 Å². The molecule has 13 nitrogen and oxygen atoms in total. The second kappa shape index (κ2) is 10.5. The molecule has 1 aliphatic carbocycles. The molecular weight excluding hydrogens is 564 g/mol. The van der Waals surface area contributed by atoms with Gasteiger partial charge in [0.1, 0.15) is 29.1 Å². The largest absolute Gasteiger partial charge is 0.394 e. The fraction of sp³-hybridized carbons (Fsp3) is 0.194. The quantitative estimate of drug-likeness (QED) is 0.229. The van der Waals surface area contributed by atoms with Crippen molar-refractivity contribution in [3.8, 4) is 0 Å². The molecule has 5 N–H and O–H groups in total. The Bertz CT molecular complexity index is 1990. The summed E-state index contributed by atoms with van der Waals surface area (Å²) >= 11 is 0. The highest BCUT2D eigenvalue weighted by Gasteiger charge is 2.29. The number of aromatic nitrogens is 2. The third-order valence-electron chi connectivity index (χ3n) is 8.12. The molecule has 4 aromatic rings. The number of nitrogen functional groups attached to an aromatic ring is 1. The van der Waals surface area contributed by atoms with Crippen molar-refractivity contribution < 1.29 is 14.4 Å². The highest BCUT2D eigenvalue weighted by Crippen LogP contribution is 2.33. The molecule has 0 saturated carbocycles. The Balaban J connectivity index is 0.972. The topological polar surface area (TPSA) is 181 Å². The number of nitrogens with one attached hydrogen (secondary N) is 3. The van der Waals surface area contributed by atoms with E-state index < -0.39 is 22.7 Å². The summed E-state index contributed by atoms with van der Waals surface area (Å²) < 4.78 is 0. The number of carbonyl (C=O) groups is 2. The van der Waals surface area contributed by atoms with Gasteiger partial charge in [-0.15, -0.1) is 0 Å². The first kappa shape index (κ1) is 27.0. The van der Waals surface area contributed by atoms with Gasteiger partial charge in [0.25, 0.3) is 22.7 Å². The molecule has 0 unspecified atom stereocenters. The monoisotopic (exact) mass is 590 g/mol. The van der Waals surface area contributed by atoms with Crippen LogP contribution in [0.15, 0.2) is 75.8 Å². The van der Waals surface area contributed by atoms with Crippen molar-refractivity contribution in [3.63, 3.8) is 0 Å². The predicted octanol–water partition coefficient (Wildman–Crippen LogP) is 1.27. The SMILES string of the molecule is C=C1N=C(c2ccc3c(c2)CC[C@@H]3NC(=O)c2cc(C(=O)NCc3ccc4c(c3)CN(c3c(N)c(=O)c3=O)C4)ncn2)NO1. The van der Waals surface area contributed by atoms with Crippen LogP contribution >= 0.6 is 0 Å².